The van der Waals surface area contributed by atoms with Crippen LogP contribution in [0.4, 0.5) is 0 Å². The Morgan fingerprint density at radius 2 is 2.05 bits per heavy atom. The van der Waals surface area contributed by atoms with Gasteiger partial charge in [0.25, 0.3) is 0 Å². The molecule has 0 bridgehead atoms. The van der Waals surface area contributed by atoms with E-state index >= 15 is 0 Å². The minimum absolute atomic E-state index is 0.390. The molecule has 19 heavy (non-hydrogen) atoms. The van der Waals surface area contributed by atoms with E-state index in [9.17, 15) is 4.79 Å². The standard InChI is InChI=1S/C15H23NO3/c1-11-6-7-12(2)13(10-11)19-9-5-8-15(3,16)14(17)18-4/h6-7,10H,5,8-9,16H2,1-4H3. The van der Waals surface area contributed by atoms with Crippen molar-refractivity contribution < 1.29 is 14.3 Å². The number of benzene rings is 1. The van der Waals surface area contributed by atoms with Crippen LogP contribution < -0.4 is 10.5 Å². The van der Waals surface area contributed by atoms with E-state index < -0.39 is 5.54 Å². The minimum atomic E-state index is -0.945. The number of hydrogen-bond acceptors (Lipinski definition) is 4. The monoisotopic (exact) mass is 265 g/mol. The van der Waals surface area contributed by atoms with Gasteiger partial charge in [0, 0.05) is 0 Å². The molecule has 0 aromatic heterocycles. The van der Waals surface area contributed by atoms with Crippen LogP contribution in [0.15, 0.2) is 18.2 Å². The molecule has 0 aliphatic rings. The highest BCUT2D eigenvalue weighted by atomic mass is 16.5. The fourth-order valence-electron chi connectivity index (χ4n) is 1.82. The van der Waals surface area contributed by atoms with Gasteiger partial charge in [-0.05, 0) is 50.8 Å². The van der Waals surface area contributed by atoms with Crippen molar-refractivity contribution in [2.75, 3.05) is 13.7 Å². The molecule has 0 aliphatic carbocycles. The molecular weight excluding hydrogens is 242 g/mol. The zero-order chi connectivity index (χ0) is 14.5. The van der Waals surface area contributed by atoms with Crippen LogP contribution in [0.25, 0.3) is 0 Å². The molecule has 1 rings (SSSR count). The van der Waals surface area contributed by atoms with Crippen molar-refractivity contribution in [2.24, 2.45) is 5.73 Å². The molecule has 0 spiro atoms. The number of rotatable bonds is 6. The lowest BCUT2D eigenvalue weighted by molar-refractivity contribution is -0.146. The number of hydrogen-bond donors (Lipinski definition) is 1. The molecule has 0 saturated heterocycles. The average Bonchev–Trinajstić information content (AvgIpc) is 2.37. The molecule has 0 radical (unpaired) electrons. The number of carbonyl (C=O) groups is 1. The van der Waals surface area contributed by atoms with Crippen molar-refractivity contribution in [3.63, 3.8) is 0 Å². The highest BCUT2D eigenvalue weighted by Gasteiger charge is 2.28. The smallest absolute Gasteiger partial charge is 0.325 e. The van der Waals surface area contributed by atoms with Crippen LogP contribution >= 0.6 is 0 Å². The molecule has 0 aliphatic heterocycles. The molecule has 1 atom stereocenters. The number of carbonyl (C=O) groups excluding carboxylic acids is 1. The normalized spacial score (nSPS) is 13.7. The molecule has 0 amide bonds. The molecule has 1 aromatic rings. The summed E-state index contributed by atoms with van der Waals surface area (Å²) in [5.74, 6) is 0.496. The Balaban J connectivity index is 2.43. The largest absolute Gasteiger partial charge is 0.493 e. The van der Waals surface area contributed by atoms with Crippen molar-refractivity contribution in [1.29, 1.82) is 0 Å². The lowest BCUT2D eigenvalue weighted by atomic mass is 9.98. The van der Waals surface area contributed by atoms with Crippen LogP contribution in [0.3, 0.4) is 0 Å². The van der Waals surface area contributed by atoms with Gasteiger partial charge in [-0.3, -0.25) is 4.79 Å². The van der Waals surface area contributed by atoms with Crippen LogP contribution in [0.5, 0.6) is 5.75 Å². The zero-order valence-corrected chi connectivity index (χ0v) is 12.2. The summed E-state index contributed by atoms with van der Waals surface area (Å²) in [6.45, 7) is 6.25. The van der Waals surface area contributed by atoms with E-state index in [4.69, 9.17) is 10.5 Å². The first-order valence-electron chi connectivity index (χ1n) is 6.44. The Morgan fingerprint density at radius 1 is 1.37 bits per heavy atom. The van der Waals surface area contributed by atoms with Crippen molar-refractivity contribution >= 4 is 5.97 Å². The van der Waals surface area contributed by atoms with Gasteiger partial charge in [-0.15, -0.1) is 0 Å². The van der Waals surface area contributed by atoms with Crippen LogP contribution in [0, 0.1) is 13.8 Å². The SMILES string of the molecule is COC(=O)C(C)(N)CCCOc1cc(C)ccc1C. The van der Waals surface area contributed by atoms with Gasteiger partial charge in [0.15, 0.2) is 0 Å². The van der Waals surface area contributed by atoms with Crippen molar-refractivity contribution in [3.8, 4) is 5.75 Å². The lowest BCUT2D eigenvalue weighted by Crippen LogP contribution is -2.45. The summed E-state index contributed by atoms with van der Waals surface area (Å²) in [5, 5.41) is 0. The van der Waals surface area contributed by atoms with Crippen LogP contribution in [-0.4, -0.2) is 25.2 Å². The molecule has 4 heteroatoms. The first-order valence-corrected chi connectivity index (χ1v) is 6.44. The van der Waals surface area contributed by atoms with E-state index in [0.717, 1.165) is 11.3 Å². The molecule has 1 aromatic carbocycles. The highest BCUT2D eigenvalue weighted by molar-refractivity contribution is 5.79. The molecule has 0 heterocycles. The molecule has 4 nitrogen and oxygen atoms in total. The van der Waals surface area contributed by atoms with Crippen LogP contribution in [0.1, 0.15) is 30.9 Å². The third-order valence-electron chi connectivity index (χ3n) is 3.09. The third kappa shape index (κ3) is 4.56. The number of aryl methyl sites for hydroxylation is 2. The van der Waals surface area contributed by atoms with E-state index in [1.165, 1.54) is 12.7 Å². The second kappa shape index (κ2) is 6.57. The van der Waals surface area contributed by atoms with Gasteiger partial charge < -0.3 is 15.2 Å². The first kappa shape index (κ1) is 15.5. The Bertz CT molecular complexity index is 441. The maximum Gasteiger partial charge on any atom is 0.325 e. The van der Waals surface area contributed by atoms with E-state index in [1.807, 2.05) is 26.0 Å². The van der Waals surface area contributed by atoms with Gasteiger partial charge in [-0.1, -0.05) is 12.1 Å². The van der Waals surface area contributed by atoms with Crippen molar-refractivity contribution in [3.05, 3.63) is 29.3 Å². The number of nitrogens with two attached hydrogens (primary N) is 1. The molecule has 2 N–H and O–H groups in total. The quantitative estimate of drug-likeness (QED) is 0.633. The summed E-state index contributed by atoms with van der Waals surface area (Å²) in [5.41, 5.74) is 7.20. The predicted octanol–water partition coefficient (Wildman–Crippen LogP) is 2.35. The summed E-state index contributed by atoms with van der Waals surface area (Å²) >= 11 is 0. The number of methoxy groups -OCH3 is 1. The van der Waals surface area contributed by atoms with E-state index in [-0.39, 0.29) is 5.97 Å². The van der Waals surface area contributed by atoms with E-state index in [1.54, 1.807) is 6.92 Å². The summed E-state index contributed by atoms with van der Waals surface area (Å²) in [4.78, 5) is 11.4. The third-order valence-corrected chi connectivity index (χ3v) is 3.09. The van der Waals surface area contributed by atoms with Gasteiger partial charge in [0.1, 0.15) is 11.3 Å². The second-order valence-electron chi connectivity index (χ2n) is 5.13. The Morgan fingerprint density at radius 3 is 2.68 bits per heavy atom. The van der Waals surface area contributed by atoms with Gasteiger partial charge in [-0.2, -0.15) is 0 Å². The molecule has 1 unspecified atom stereocenters. The zero-order valence-electron chi connectivity index (χ0n) is 12.2. The fourth-order valence-corrected chi connectivity index (χ4v) is 1.82. The van der Waals surface area contributed by atoms with E-state index in [2.05, 4.69) is 10.8 Å². The summed E-state index contributed by atoms with van der Waals surface area (Å²) in [6.07, 6.45) is 1.24. The van der Waals surface area contributed by atoms with Gasteiger partial charge in [0.2, 0.25) is 0 Å². The first-order chi connectivity index (χ1) is 8.86. The highest BCUT2D eigenvalue weighted by Crippen LogP contribution is 2.20. The molecular formula is C15H23NO3. The van der Waals surface area contributed by atoms with Crippen LogP contribution in [0.2, 0.25) is 0 Å². The summed E-state index contributed by atoms with van der Waals surface area (Å²) in [7, 11) is 1.35. The topological polar surface area (TPSA) is 61.5 Å². The van der Waals surface area contributed by atoms with E-state index in [0.29, 0.717) is 19.4 Å². The lowest BCUT2D eigenvalue weighted by Gasteiger charge is -2.21. The predicted molar refractivity (Wildman–Crippen MR) is 75.3 cm³/mol. The summed E-state index contributed by atoms with van der Waals surface area (Å²) in [6, 6.07) is 6.10. The Labute approximate surface area is 114 Å². The van der Waals surface area contributed by atoms with Gasteiger partial charge >= 0.3 is 5.97 Å². The maximum atomic E-state index is 11.4. The maximum absolute atomic E-state index is 11.4. The number of esters is 1. The fraction of sp³-hybridized carbons (Fsp3) is 0.533. The number of ether oxygens (including phenoxy) is 2. The molecule has 0 saturated carbocycles. The Kier molecular flexibility index (Phi) is 5.36. The van der Waals surface area contributed by atoms with Crippen LogP contribution in [-0.2, 0) is 9.53 Å². The molecule has 0 fully saturated rings. The van der Waals surface area contributed by atoms with Crippen molar-refractivity contribution in [2.45, 2.75) is 39.2 Å². The second-order valence-corrected chi connectivity index (χ2v) is 5.13. The average molecular weight is 265 g/mol. The minimum Gasteiger partial charge on any atom is -0.493 e. The van der Waals surface area contributed by atoms with Crippen molar-refractivity contribution in [1.82, 2.24) is 0 Å². The molecule has 106 valence electrons. The Hall–Kier alpha value is -1.55. The summed E-state index contributed by atoms with van der Waals surface area (Å²) < 4.78 is 10.4. The van der Waals surface area contributed by atoms with Gasteiger partial charge in [-0.25, -0.2) is 0 Å². The van der Waals surface area contributed by atoms with Gasteiger partial charge in [0.05, 0.1) is 13.7 Å².